The van der Waals surface area contributed by atoms with Crippen LogP contribution in [0, 0.1) is 11.6 Å². The van der Waals surface area contributed by atoms with Crippen LogP contribution in [0.4, 0.5) is 27.6 Å². The van der Waals surface area contributed by atoms with Crippen molar-refractivity contribution in [2.75, 3.05) is 5.32 Å². The first kappa shape index (κ1) is 20.0. The Hall–Kier alpha value is -2.36. The number of aryl methyl sites for hydroxylation is 1. The molecule has 1 aromatic heterocycles. The molecule has 142 valence electrons. The van der Waals surface area contributed by atoms with Crippen molar-refractivity contribution in [2.24, 2.45) is 0 Å². The topological polar surface area (TPSA) is 67.2 Å². The average molecular weight is 398 g/mol. The summed E-state index contributed by atoms with van der Waals surface area (Å²) < 4.78 is 67.6. The smallest absolute Gasteiger partial charge is 0.408 e. The normalized spacial score (nSPS) is 12.9. The van der Waals surface area contributed by atoms with E-state index in [0.29, 0.717) is 12.1 Å². The molecule has 5 nitrogen and oxygen atoms in total. The van der Waals surface area contributed by atoms with E-state index in [9.17, 15) is 26.7 Å². The molecule has 0 radical (unpaired) electrons. The Balaban J connectivity index is 2.55. The van der Waals surface area contributed by atoms with Gasteiger partial charge in [0.15, 0.2) is 5.69 Å². The standard InChI is InChI=1S/C15H13ClF5N3O2/c1-3-24-13(11(16)12(23-24)14(25)26)10-8(17)4-7(5-9(10)18)22-6(2)15(19,20)21/h4-6,22H,3H2,1-2H3,(H,25,26)/t6-/m1/s1. The third-order valence-electron chi connectivity index (χ3n) is 3.55. The predicted octanol–water partition coefficient (Wildman–Crippen LogP) is 4.56. The molecule has 2 N–H and O–H groups in total. The summed E-state index contributed by atoms with van der Waals surface area (Å²) >= 11 is 5.90. The number of hydrogen-bond acceptors (Lipinski definition) is 3. The average Bonchev–Trinajstić information content (AvgIpc) is 2.83. The summed E-state index contributed by atoms with van der Waals surface area (Å²) in [6.07, 6.45) is -4.61. The van der Waals surface area contributed by atoms with Crippen molar-refractivity contribution >= 4 is 23.3 Å². The first-order chi connectivity index (χ1) is 12.0. The first-order valence-electron chi connectivity index (χ1n) is 7.29. The Kier molecular flexibility index (Phi) is 5.45. The van der Waals surface area contributed by atoms with Crippen molar-refractivity contribution in [3.05, 3.63) is 34.5 Å². The van der Waals surface area contributed by atoms with Crippen molar-refractivity contribution in [1.29, 1.82) is 0 Å². The lowest BCUT2D eigenvalue weighted by Crippen LogP contribution is -2.33. The van der Waals surface area contributed by atoms with E-state index in [1.54, 1.807) is 6.92 Å². The molecule has 0 amide bonds. The molecule has 0 saturated heterocycles. The number of anilines is 1. The van der Waals surface area contributed by atoms with E-state index in [-0.39, 0.29) is 12.2 Å². The number of carboxylic acids is 1. The highest BCUT2D eigenvalue weighted by Gasteiger charge is 2.36. The maximum atomic E-state index is 14.4. The van der Waals surface area contributed by atoms with Crippen LogP contribution in [0.25, 0.3) is 11.3 Å². The van der Waals surface area contributed by atoms with Gasteiger partial charge in [0.05, 0.1) is 11.3 Å². The lowest BCUT2D eigenvalue weighted by atomic mass is 10.1. The number of alkyl halides is 3. The van der Waals surface area contributed by atoms with Crippen molar-refractivity contribution in [2.45, 2.75) is 32.6 Å². The van der Waals surface area contributed by atoms with Gasteiger partial charge in [-0.3, -0.25) is 4.68 Å². The molecule has 0 saturated carbocycles. The summed E-state index contributed by atoms with van der Waals surface area (Å²) in [4.78, 5) is 11.1. The van der Waals surface area contributed by atoms with Crippen LogP contribution in [-0.2, 0) is 6.54 Å². The fraction of sp³-hybridized carbons (Fsp3) is 0.333. The van der Waals surface area contributed by atoms with Crippen molar-refractivity contribution < 1.29 is 31.9 Å². The molecule has 11 heteroatoms. The Labute approximate surface area is 149 Å². The minimum atomic E-state index is -4.61. The summed E-state index contributed by atoms with van der Waals surface area (Å²) in [5.41, 5.74) is -2.00. The molecule has 2 aromatic rings. The van der Waals surface area contributed by atoms with Gasteiger partial charge in [0, 0.05) is 12.2 Å². The maximum Gasteiger partial charge on any atom is 0.408 e. The number of aromatic nitrogens is 2. The van der Waals surface area contributed by atoms with Gasteiger partial charge in [-0.2, -0.15) is 18.3 Å². The van der Waals surface area contributed by atoms with Crippen molar-refractivity contribution in [1.82, 2.24) is 9.78 Å². The SMILES string of the molecule is CCn1nc(C(=O)O)c(Cl)c1-c1c(F)cc(N[C@H](C)C(F)(F)F)cc1F. The molecule has 0 aliphatic heterocycles. The number of carbonyl (C=O) groups is 1. The molecule has 26 heavy (non-hydrogen) atoms. The lowest BCUT2D eigenvalue weighted by molar-refractivity contribution is -0.138. The van der Waals surface area contributed by atoms with Gasteiger partial charge in [0.25, 0.3) is 0 Å². The summed E-state index contributed by atoms with van der Waals surface area (Å²) in [5, 5.41) is 14.2. The summed E-state index contributed by atoms with van der Waals surface area (Å²) in [7, 11) is 0. The van der Waals surface area contributed by atoms with Crippen LogP contribution in [0.15, 0.2) is 12.1 Å². The van der Waals surface area contributed by atoms with Crippen LogP contribution in [0.1, 0.15) is 24.3 Å². The quantitative estimate of drug-likeness (QED) is 0.726. The number of nitrogens with zero attached hydrogens (tertiary/aromatic N) is 2. The molecule has 1 heterocycles. The van der Waals surface area contributed by atoms with Gasteiger partial charge in [0.1, 0.15) is 22.7 Å². The second-order valence-corrected chi connectivity index (χ2v) is 5.73. The van der Waals surface area contributed by atoms with Crippen LogP contribution in [0.5, 0.6) is 0 Å². The highest BCUT2D eigenvalue weighted by Crippen LogP contribution is 2.36. The number of nitrogens with one attached hydrogen (secondary N) is 1. The Morgan fingerprint density at radius 1 is 1.35 bits per heavy atom. The van der Waals surface area contributed by atoms with Gasteiger partial charge >= 0.3 is 12.1 Å². The number of carboxylic acid groups (broad SMARTS) is 1. The zero-order chi connectivity index (χ0) is 19.8. The number of benzene rings is 1. The Morgan fingerprint density at radius 2 is 1.88 bits per heavy atom. The van der Waals surface area contributed by atoms with Crippen LogP contribution < -0.4 is 5.32 Å². The maximum absolute atomic E-state index is 14.4. The number of rotatable bonds is 5. The summed E-state index contributed by atoms with van der Waals surface area (Å²) in [6, 6.07) is -0.690. The zero-order valence-electron chi connectivity index (χ0n) is 13.5. The molecule has 0 fully saturated rings. The zero-order valence-corrected chi connectivity index (χ0v) is 14.2. The molecule has 0 spiro atoms. The molecule has 0 aliphatic rings. The number of aromatic carboxylic acids is 1. The monoisotopic (exact) mass is 397 g/mol. The largest absolute Gasteiger partial charge is 0.476 e. The minimum absolute atomic E-state index is 0.0618. The van der Waals surface area contributed by atoms with Crippen molar-refractivity contribution in [3.8, 4) is 11.3 Å². The molecule has 2 rings (SSSR count). The number of hydrogen-bond donors (Lipinski definition) is 2. The van der Waals surface area contributed by atoms with E-state index in [2.05, 4.69) is 5.10 Å². The molecule has 1 aromatic carbocycles. The third-order valence-corrected chi connectivity index (χ3v) is 3.91. The predicted molar refractivity (Wildman–Crippen MR) is 84.4 cm³/mol. The number of halogens is 6. The van der Waals surface area contributed by atoms with Crippen LogP contribution in [0.2, 0.25) is 5.02 Å². The molecular formula is C15H13ClF5N3O2. The van der Waals surface area contributed by atoms with Gasteiger partial charge in [-0.25, -0.2) is 13.6 Å². The van der Waals surface area contributed by atoms with Gasteiger partial charge in [0.2, 0.25) is 0 Å². The Bertz CT molecular complexity index is 828. The van der Waals surface area contributed by atoms with Crippen LogP contribution >= 0.6 is 11.6 Å². The van der Waals surface area contributed by atoms with E-state index >= 15 is 0 Å². The van der Waals surface area contributed by atoms with E-state index in [1.807, 2.05) is 5.32 Å². The van der Waals surface area contributed by atoms with Crippen LogP contribution in [0.3, 0.4) is 0 Å². The van der Waals surface area contributed by atoms with E-state index in [4.69, 9.17) is 16.7 Å². The summed E-state index contributed by atoms with van der Waals surface area (Å²) in [6.45, 7) is 2.41. The fourth-order valence-corrected chi connectivity index (χ4v) is 2.57. The minimum Gasteiger partial charge on any atom is -0.476 e. The van der Waals surface area contributed by atoms with Gasteiger partial charge in [-0.1, -0.05) is 11.6 Å². The highest BCUT2D eigenvalue weighted by molar-refractivity contribution is 6.35. The molecule has 1 atom stereocenters. The highest BCUT2D eigenvalue weighted by atomic mass is 35.5. The van der Waals surface area contributed by atoms with Gasteiger partial charge in [-0.15, -0.1) is 0 Å². The Morgan fingerprint density at radius 3 is 2.31 bits per heavy atom. The molecular weight excluding hydrogens is 385 g/mol. The molecule has 0 bridgehead atoms. The van der Waals surface area contributed by atoms with E-state index < -0.39 is 51.8 Å². The van der Waals surface area contributed by atoms with Crippen molar-refractivity contribution in [3.63, 3.8) is 0 Å². The summed E-state index contributed by atoms with van der Waals surface area (Å²) in [5.74, 6) is -3.91. The molecule has 0 unspecified atom stereocenters. The van der Waals surface area contributed by atoms with E-state index in [0.717, 1.165) is 11.6 Å². The van der Waals surface area contributed by atoms with Crippen LogP contribution in [-0.4, -0.2) is 33.1 Å². The molecule has 0 aliphatic carbocycles. The lowest BCUT2D eigenvalue weighted by Gasteiger charge is -2.19. The fourth-order valence-electron chi connectivity index (χ4n) is 2.26. The second kappa shape index (κ2) is 7.10. The van der Waals surface area contributed by atoms with Gasteiger partial charge < -0.3 is 10.4 Å². The second-order valence-electron chi connectivity index (χ2n) is 5.35. The first-order valence-corrected chi connectivity index (χ1v) is 7.67. The van der Waals surface area contributed by atoms with Gasteiger partial charge in [-0.05, 0) is 26.0 Å². The van der Waals surface area contributed by atoms with E-state index in [1.165, 1.54) is 0 Å². The third kappa shape index (κ3) is 3.74.